The Morgan fingerprint density at radius 3 is 2.31 bits per heavy atom. The molecule has 1 amide bonds. The van der Waals surface area contributed by atoms with Gasteiger partial charge in [0.05, 0.1) is 24.5 Å². The van der Waals surface area contributed by atoms with Crippen molar-refractivity contribution >= 4 is 58.2 Å². The largest absolute Gasteiger partial charge is 0.508 e. The molecule has 1 saturated heterocycles. The number of benzene rings is 3. The quantitative estimate of drug-likeness (QED) is 0.161. The summed E-state index contributed by atoms with van der Waals surface area (Å²) in [6.07, 6.45) is -1.32. The van der Waals surface area contributed by atoms with Gasteiger partial charge in [-0.2, -0.15) is 4.68 Å². The van der Waals surface area contributed by atoms with Crippen LogP contribution in [0.5, 0.6) is 5.75 Å². The monoisotopic (exact) mass is 649 g/mol. The lowest BCUT2D eigenvalue weighted by molar-refractivity contribution is -0.268. The molecule has 42 heavy (non-hydrogen) atoms. The van der Waals surface area contributed by atoms with Crippen LogP contribution in [0.15, 0.2) is 78.0 Å². The molecule has 0 bridgehead atoms. The van der Waals surface area contributed by atoms with E-state index in [9.17, 15) is 15.0 Å². The second-order valence-electron chi connectivity index (χ2n) is 9.60. The van der Waals surface area contributed by atoms with Gasteiger partial charge in [0.1, 0.15) is 5.75 Å². The second kappa shape index (κ2) is 13.2. The van der Waals surface area contributed by atoms with Gasteiger partial charge < -0.3 is 25.0 Å². The molecule has 0 aliphatic carbocycles. The summed E-state index contributed by atoms with van der Waals surface area (Å²) < 4.78 is 12.5. The second-order valence-corrected chi connectivity index (χ2v) is 12.9. The van der Waals surface area contributed by atoms with Crippen LogP contribution in [0.1, 0.15) is 36.0 Å². The van der Waals surface area contributed by atoms with Gasteiger partial charge in [0, 0.05) is 22.9 Å². The number of hydrogen-bond acceptors (Lipinski definition) is 9. The number of aromatic hydroxyl groups is 1. The van der Waals surface area contributed by atoms with Gasteiger partial charge in [-0.15, -0.1) is 5.10 Å². The molecule has 1 aromatic heterocycles. The van der Waals surface area contributed by atoms with E-state index in [0.29, 0.717) is 22.3 Å². The molecule has 14 heteroatoms. The van der Waals surface area contributed by atoms with Crippen molar-refractivity contribution < 1.29 is 24.5 Å². The van der Waals surface area contributed by atoms with Gasteiger partial charge in [0.15, 0.2) is 6.29 Å². The van der Waals surface area contributed by atoms with Crippen molar-refractivity contribution in [2.75, 3.05) is 11.1 Å². The molecule has 1 aliphatic rings. The molecule has 2 heterocycles. The Morgan fingerprint density at radius 2 is 1.67 bits per heavy atom. The maximum absolute atomic E-state index is 12.0. The maximum atomic E-state index is 12.0. The summed E-state index contributed by atoms with van der Waals surface area (Å²) in [4.78, 5) is 12.0. The van der Waals surface area contributed by atoms with Gasteiger partial charge in [-0.05, 0) is 58.0 Å². The van der Waals surface area contributed by atoms with Crippen LogP contribution in [0.3, 0.4) is 0 Å². The molecule has 10 nitrogen and oxygen atoms in total. The van der Waals surface area contributed by atoms with Crippen LogP contribution in [0, 0.1) is 5.92 Å². The molecule has 0 saturated carbocycles. The smallest absolute Gasteiger partial charge is 0.276 e. The van der Waals surface area contributed by atoms with E-state index in [4.69, 9.17) is 44.3 Å². The first-order valence-corrected chi connectivity index (χ1v) is 14.9. The fourth-order valence-electron chi connectivity index (χ4n) is 4.42. The van der Waals surface area contributed by atoms with E-state index in [-0.39, 0.29) is 30.5 Å². The highest BCUT2D eigenvalue weighted by atomic mass is 35.6. The van der Waals surface area contributed by atoms with Gasteiger partial charge >= 0.3 is 0 Å². The topological polar surface area (TPSA) is 132 Å². The van der Waals surface area contributed by atoms with E-state index in [1.165, 1.54) is 11.8 Å². The first kappa shape index (κ1) is 30.6. The van der Waals surface area contributed by atoms with Crippen molar-refractivity contribution in [2.24, 2.45) is 5.92 Å². The molecule has 0 radical (unpaired) electrons. The zero-order valence-corrected chi connectivity index (χ0v) is 25.2. The number of anilines is 1. The zero-order chi connectivity index (χ0) is 29.9. The number of phenolic OH excluding ortho intramolecular Hbond substituents is 1. The number of phenols is 1. The highest BCUT2D eigenvalue weighted by Crippen LogP contribution is 2.43. The number of thioether (sulfide) groups is 1. The Kier molecular flexibility index (Phi) is 9.58. The lowest BCUT2D eigenvalue weighted by Crippen LogP contribution is -2.38. The number of halogens is 3. The third kappa shape index (κ3) is 7.17. The number of tetrazole rings is 1. The van der Waals surface area contributed by atoms with Crippen molar-refractivity contribution in [1.29, 1.82) is 0 Å². The minimum Gasteiger partial charge on any atom is -0.508 e. The molecule has 3 aromatic carbocycles. The van der Waals surface area contributed by atoms with Crippen LogP contribution in [-0.4, -0.2) is 52.0 Å². The number of nitrogens with one attached hydrogen (secondary N) is 1. The van der Waals surface area contributed by atoms with Crippen LogP contribution in [0.2, 0.25) is 0 Å². The fraction of sp³-hybridized carbons (Fsp3) is 0.286. The van der Waals surface area contributed by atoms with Crippen molar-refractivity contribution in [3.8, 4) is 11.4 Å². The summed E-state index contributed by atoms with van der Waals surface area (Å²) >= 11 is 18.4. The molecule has 220 valence electrons. The Morgan fingerprint density at radius 1 is 1.00 bits per heavy atom. The van der Waals surface area contributed by atoms with Crippen LogP contribution >= 0.6 is 46.6 Å². The molecule has 0 spiro atoms. The molecule has 5 rings (SSSR count). The predicted molar refractivity (Wildman–Crippen MR) is 160 cm³/mol. The number of rotatable bonds is 8. The summed E-state index contributed by atoms with van der Waals surface area (Å²) in [5, 5.41) is 34.4. The van der Waals surface area contributed by atoms with Crippen molar-refractivity contribution in [1.82, 2.24) is 20.2 Å². The number of aliphatic hydroxyl groups excluding tert-OH is 1. The van der Waals surface area contributed by atoms with E-state index in [2.05, 4.69) is 27.8 Å². The van der Waals surface area contributed by atoms with Crippen molar-refractivity contribution in [3.05, 3.63) is 89.5 Å². The Bertz CT molecular complexity index is 1500. The van der Waals surface area contributed by atoms with Crippen molar-refractivity contribution in [3.63, 3.8) is 0 Å². The molecule has 3 N–H and O–H groups in total. The number of nitrogens with zero attached hydrogens (tertiary/aromatic N) is 4. The molecule has 1 fully saturated rings. The lowest BCUT2D eigenvalue weighted by Gasteiger charge is -2.41. The summed E-state index contributed by atoms with van der Waals surface area (Å²) in [6.45, 7) is 2.01. The molecule has 4 atom stereocenters. The van der Waals surface area contributed by atoms with E-state index in [1.54, 1.807) is 53.2 Å². The van der Waals surface area contributed by atoms with E-state index >= 15 is 0 Å². The molecule has 4 aromatic rings. The number of alkyl halides is 3. The first-order valence-electron chi connectivity index (χ1n) is 12.8. The standard InChI is InChI=1S/C28H26Cl3N5O5S/c1-16-23(15-42-27-33-34-35-36(27)21-10-12-22(38)13-11-21)40-25(41-24(16)18-4-2-17(14-37)3-5-18)19-6-8-20(9-7-19)32-26(39)28(29,30)31/h2-13,16,23-25,37-38H,14-15H2,1H3,(H,32,39)/t16-,23+,24+,25+/m1/s1. The number of aliphatic hydroxyl groups is 1. The fourth-order valence-corrected chi connectivity index (χ4v) is 5.61. The Labute approximate surface area is 260 Å². The summed E-state index contributed by atoms with van der Waals surface area (Å²) in [5.41, 5.74) is 3.64. The third-order valence-corrected chi connectivity index (χ3v) is 8.26. The van der Waals surface area contributed by atoms with Crippen molar-refractivity contribution in [2.45, 2.75) is 41.0 Å². The maximum Gasteiger partial charge on any atom is 0.276 e. The number of carbonyl (C=O) groups is 1. The molecular weight excluding hydrogens is 625 g/mol. The normalized spacial score (nSPS) is 20.8. The summed E-state index contributed by atoms with van der Waals surface area (Å²) in [5.74, 6) is -0.163. The molecule has 1 aliphatic heterocycles. The van der Waals surface area contributed by atoms with Gasteiger partial charge in [-0.25, -0.2) is 0 Å². The van der Waals surface area contributed by atoms with Crippen LogP contribution < -0.4 is 5.32 Å². The van der Waals surface area contributed by atoms with E-state index < -0.39 is 16.0 Å². The summed E-state index contributed by atoms with van der Waals surface area (Å²) in [6, 6.07) is 21.1. The minimum absolute atomic E-state index is 0.0523. The average molecular weight is 651 g/mol. The SMILES string of the molecule is C[C@@H]1[C@H](CSc2nnnn2-c2ccc(O)cc2)O[C@H](c2ccc(NC(=O)C(Cl)(Cl)Cl)cc2)O[C@@H]1c1ccc(CO)cc1. The van der Waals surface area contributed by atoms with E-state index in [0.717, 1.165) is 16.7 Å². The van der Waals surface area contributed by atoms with Crippen LogP contribution in [0.25, 0.3) is 5.69 Å². The van der Waals surface area contributed by atoms with Gasteiger partial charge in [0.2, 0.25) is 5.16 Å². The van der Waals surface area contributed by atoms with Crippen LogP contribution in [-0.2, 0) is 20.9 Å². The van der Waals surface area contributed by atoms with E-state index in [1.807, 2.05) is 24.3 Å². The lowest BCUT2D eigenvalue weighted by atomic mass is 9.91. The number of amides is 1. The molecule has 0 unspecified atom stereocenters. The molecular formula is C28H26Cl3N5O5S. The van der Waals surface area contributed by atoms with Gasteiger partial charge in [0.25, 0.3) is 9.70 Å². The minimum atomic E-state index is -2.09. The Balaban J connectivity index is 1.37. The zero-order valence-electron chi connectivity index (χ0n) is 22.1. The summed E-state index contributed by atoms with van der Waals surface area (Å²) in [7, 11) is 0. The number of hydrogen-bond donors (Lipinski definition) is 3. The Hall–Kier alpha value is -2.90. The highest BCUT2D eigenvalue weighted by molar-refractivity contribution is 7.99. The van der Waals surface area contributed by atoms with Gasteiger partial charge in [-0.1, -0.05) is 89.9 Å². The first-order chi connectivity index (χ1) is 20.1. The van der Waals surface area contributed by atoms with Crippen LogP contribution in [0.4, 0.5) is 5.69 Å². The number of ether oxygens (including phenoxy) is 2. The number of aromatic nitrogens is 4. The van der Waals surface area contributed by atoms with Gasteiger partial charge in [-0.3, -0.25) is 4.79 Å². The predicted octanol–water partition coefficient (Wildman–Crippen LogP) is 5.75. The average Bonchev–Trinajstić information content (AvgIpc) is 3.46. The third-order valence-electron chi connectivity index (χ3n) is 6.73. The number of carbonyl (C=O) groups excluding carboxylic acids is 1. The highest BCUT2D eigenvalue weighted by Gasteiger charge is 2.39.